The molecule has 0 bridgehead atoms. The molecule has 1 amide bonds. The molecule has 0 spiro atoms. The molecule has 0 fully saturated rings. The van der Waals surface area contributed by atoms with Crippen molar-refractivity contribution in [3.63, 3.8) is 0 Å². The van der Waals surface area contributed by atoms with Crippen LogP contribution in [0, 0.1) is 18.6 Å². The average molecular weight is 362 g/mol. The molecule has 0 saturated heterocycles. The Kier molecular flexibility index (Phi) is 4.39. The molecule has 12 heteroatoms. The van der Waals surface area contributed by atoms with Crippen molar-refractivity contribution in [2.24, 2.45) is 5.10 Å². The van der Waals surface area contributed by atoms with Crippen LogP contribution in [0.15, 0.2) is 27.9 Å². The summed E-state index contributed by atoms with van der Waals surface area (Å²) < 4.78 is 32.3. The van der Waals surface area contributed by atoms with Gasteiger partial charge in [0, 0.05) is 11.6 Å². The number of benzene rings is 1. The molecular weight excluding hydrogens is 350 g/mol. The van der Waals surface area contributed by atoms with E-state index in [0.29, 0.717) is 5.69 Å². The first-order chi connectivity index (χ1) is 12.4. The highest BCUT2D eigenvalue weighted by Gasteiger charge is 2.20. The van der Waals surface area contributed by atoms with E-state index in [1.54, 1.807) is 6.92 Å². The fourth-order valence-corrected chi connectivity index (χ4v) is 2.11. The maximum Gasteiger partial charge on any atom is 0.293 e. The van der Waals surface area contributed by atoms with Crippen LogP contribution in [0.5, 0.6) is 0 Å². The molecule has 3 rings (SSSR count). The Morgan fingerprint density at radius 1 is 1.35 bits per heavy atom. The highest BCUT2D eigenvalue weighted by Crippen LogP contribution is 2.15. The van der Waals surface area contributed by atoms with E-state index in [0.717, 1.165) is 12.1 Å². The summed E-state index contributed by atoms with van der Waals surface area (Å²) in [4.78, 5) is 12.2. The molecule has 0 saturated carbocycles. The smallest absolute Gasteiger partial charge is 0.293 e. The van der Waals surface area contributed by atoms with E-state index in [-0.39, 0.29) is 28.6 Å². The molecule has 0 unspecified atom stereocenters. The maximum atomic E-state index is 13.7. The Morgan fingerprint density at radius 2 is 2.12 bits per heavy atom. The highest BCUT2D eigenvalue weighted by molar-refractivity contribution is 6.00. The molecule has 0 aliphatic rings. The van der Waals surface area contributed by atoms with Crippen LogP contribution in [0.1, 0.15) is 28.7 Å². The van der Waals surface area contributed by atoms with Crippen LogP contribution in [0.3, 0.4) is 0 Å². The summed E-state index contributed by atoms with van der Waals surface area (Å²) in [5.74, 6) is -2.13. The van der Waals surface area contributed by atoms with Gasteiger partial charge in [-0.2, -0.15) is 9.78 Å². The standard InChI is InChI=1S/C14H12F2N8O2/c1-6(9-4-3-8(15)5-10(9)16)18-20-14(25)11-7(2)24(23-19-11)13-12(17)21-26-22-13/h3-5H,1-2H3,(H2,17,21)(H,20,25)/b18-6-. The van der Waals surface area contributed by atoms with Gasteiger partial charge in [0.15, 0.2) is 5.69 Å². The molecule has 134 valence electrons. The third-order valence-corrected chi connectivity index (χ3v) is 3.45. The number of carbonyl (C=O) groups is 1. The number of hydrogen-bond donors (Lipinski definition) is 2. The van der Waals surface area contributed by atoms with Crippen molar-refractivity contribution in [1.29, 1.82) is 0 Å². The molecule has 0 aliphatic carbocycles. The fourth-order valence-electron chi connectivity index (χ4n) is 2.11. The first-order valence-corrected chi connectivity index (χ1v) is 7.19. The number of nitrogens with zero attached hydrogens (tertiary/aromatic N) is 6. The van der Waals surface area contributed by atoms with Gasteiger partial charge < -0.3 is 5.73 Å². The van der Waals surface area contributed by atoms with Crippen LogP contribution in [0.25, 0.3) is 5.82 Å². The van der Waals surface area contributed by atoms with E-state index in [1.807, 2.05) is 0 Å². The number of halogens is 2. The summed E-state index contributed by atoms with van der Waals surface area (Å²) in [7, 11) is 0. The van der Waals surface area contributed by atoms with E-state index in [4.69, 9.17) is 5.73 Å². The predicted octanol–water partition coefficient (Wildman–Crippen LogP) is 0.973. The lowest BCUT2D eigenvalue weighted by Gasteiger charge is -2.04. The second-order valence-corrected chi connectivity index (χ2v) is 5.17. The lowest BCUT2D eigenvalue weighted by Crippen LogP contribution is -2.21. The molecule has 0 aliphatic heterocycles. The van der Waals surface area contributed by atoms with Gasteiger partial charge in [-0.15, -0.1) is 5.10 Å². The summed E-state index contributed by atoms with van der Waals surface area (Å²) in [5.41, 5.74) is 8.26. The maximum absolute atomic E-state index is 13.7. The van der Waals surface area contributed by atoms with Gasteiger partial charge in [-0.25, -0.2) is 18.8 Å². The van der Waals surface area contributed by atoms with Crippen molar-refractivity contribution in [2.45, 2.75) is 13.8 Å². The molecule has 3 aromatic rings. The number of nitrogen functional groups attached to an aromatic ring is 1. The minimum atomic E-state index is -0.795. The van der Waals surface area contributed by atoms with Crippen LogP contribution in [0.2, 0.25) is 0 Å². The van der Waals surface area contributed by atoms with E-state index in [1.165, 1.54) is 17.7 Å². The Morgan fingerprint density at radius 3 is 2.77 bits per heavy atom. The van der Waals surface area contributed by atoms with Crippen molar-refractivity contribution in [1.82, 2.24) is 30.7 Å². The second kappa shape index (κ2) is 6.66. The van der Waals surface area contributed by atoms with Crippen LogP contribution in [-0.2, 0) is 0 Å². The summed E-state index contributed by atoms with van der Waals surface area (Å²) in [6.45, 7) is 3.02. The fraction of sp³-hybridized carbons (Fsp3) is 0.143. The predicted molar refractivity (Wildman–Crippen MR) is 84.4 cm³/mol. The molecule has 0 atom stereocenters. The summed E-state index contributed by atoms with van der Waals surface area (Å²) >= 11 is 0. The molecule has 1 aromatic carbocycles. The lowest BCUT2D eigenvalue weighted by atomic mass is 10.1. The van der Waals surface area contributed by atoms with Crippen LogP contribution in [0.4, 0.5) is 14.6 Å². The van der Waals surface area contributed by atoms with E-state index < -0.39 is 17.5 Å². The third kappa shape index (κ3) is 3.11. The Hall–Kier alpha value is -3.70. The molecule has 2 heterocycles. The summed E-state index contributed by atoms with van der Waals surface area (Å²) in [5, 5.41) is 18.3. The topological polar surface area (TPSA) is 137 Å². The number of hydrazone groups is 1. The summed E-state index contributed by atoms with van der Waals surface area (Å²) in [6, 6.07) is 3.03. The summed E-state index contributed by atoms with van der Waals surface area (Å²) in [6.07, 6.45) is 0. The van der Waals surface area contributed by atoms with E-state index in [2.05, 4.69) is 35.8 Å². The number of rotatable bonds is 4. The number of amides is 1. The second-order valence-electron chi connectivity index (χ2n) is 5.17. The van der Waals surface area contributed by atoms with Crippen molar-refractivity contribution >= 4 is 17.4 Å². The van der Waals surface area contributed by atoms with Crippen molar-refractivity contribution in [3.05, 3.63) is 46.8 Å². The van der Waals surface area contributed by atoms with Crippen molar-refractivity contribution in [2.75, 3.05) is 5.73 Å². The SMILES string of the molecule is C/C(=N/NC(=O)c1nnn(-c2nonc2N)c1C)c1ccc(F)cc1F. The molecular formula is C14H12F2N8O2. The first kappa shape index (κ1) is 17.1. The van der Waals surface area contributed by atoms with Crippen LogP contribution < -0.4 is 11.2 Å². The number of aromatic nitrogens is 5. The number of anilines is 1. The van der Waals surface area contributed by atoms with Crippen LogP contribution >= 0.6 is 0 Å². The molecule has 10 nitrogen and oxygen atoms in total. The van der Waals surface area contributed by atoms with Gasteiger partial charge >= 0.3 is 0 Å². The van der Waals surface area contributed by atoms with E-state index >= 15 is 0 Å². The van der Waals surface area contributed by atoms with Crippen molar-refractivity contribution < 1.29 is 18.2 Å². The van der Waals surface area contributed by atoms with Gasteiger partial charge in [0.1, 0.15) is 11.6 Å². The van der Waals surface area contributed by atoms with E-state index in [9.17, 15) is 13.6 Å². The van der Waals surface area contributed by atoms with Gasteiger partial charge in [0.05, 0.1) is 11.4 Å². The zero-order valence-corrected chi connectivity index (χ0v) is 13.6. The molecule has 26 heavy (non-hydrogen) atoms. The zero-order chi connectivity index (χ0) is 18.8. The Balaban J connectivity index is 1.80. The largest absolute Gasteiger partial charge is 0.378 e. The normalized spacial score (nSPS) is 11.6. The number of nitrogens with two attached hydrogens (primary N) is 1. The van der Waals surface area contributed by atoms with Gasteiger partial charge in [-0.05, 0) is 36.3 Å². The van der Waals surface area contributed by atoms with Gasteiger partial charge in [-0.1, -0.05) is 5.21 Å². The lowest BCUT2D eigenvalue weighted by molar-refractivity contribution is 0.0949. The Labute approximate surface area is 144 Å². The Bertz CT molecular complexity index is 1010. The monoisotopic (exact) mass is 362 g/mol. The van der Waals surface area contributed by atoms with Gasteiger partial charge in [0.25, 0.3) is 5.91 Å². The minimum absolute atomic E-state index is 0.0226. The zero-order valence-electron chi connectivity index (χ0n) is 13.6. The highest BCUT2D eigenvalue weighted by atomic mass is 19.1. The number of carbonyl (C=O) groups excluding carboxylic acids is 1. The average Bonchev–Trinajstić information content (AvgIpc) is 3.17. The van der Waals surface area contributed by atoms with Crippen LogP contribution in [-0.4, -0.2) is 36.9 Å². The number of nitrogens with one attached hydrogen (secondary N) is 1. The first-order valence-electron chi connectivity index (χ1n) is 7.19. The van der Waals surface area contributed by atoms with Gasteiger partial charge in [0.2, 0.25) is 11.6 Å². The van der Waals surface area contributed by atoms with Crippen molar-refractivity contribution in [3.8, 4) is 5.82 Å². The minimum Gasteiger partial charge on any atom is -0.378 e. The number of hydrogen-bond acceptors (Lipinski definition) is 8. The van der Waals surface area contributed by atoms with Gasteiger partial charge in [-0.3, -0.25) is 4.79 Å². The molecule has 3 N–H and O–H groups in total. The molecule has 0 radical (unpaired) electrons. The quantitative estimate of drug-likeness (QED) is 0.521. The third-order valence-electron chi connectivity index (χ3n) is 3.45. The molecule has 2 aromatic heterocycles.